The van der Waals surface area contributed by atoms with Gasteiger partial charge >= 0.3 is 0 Å². The fourth-order valence-corrected chi connectivity index (χ4v) is 1.13. The number of hydrogen-bond acceptors (Lipinski definition) is 5. The minimum atomic E-state index is -0.563. The van der Waals surface area contributed by atoms with Crippen LogP contribution < -0.4 is 5.73 Å². The lowest BCUT2D eigenvalue weighted by molar-refractivity contribution is 0.402. The largest absolute Gasteiger partial charge is 0.494 e. The molecule has 0 atom stereocenters. The van der Waals surface area contributed by atoms with E-state index >= 15 is 0 Å². The molecule has 0 aromatic heterocycles. The molecule has 0 amide bonds. The molecule has 0 spiro atoms. The van der Waals surface area contributed by atoms with Crippen molar-refractivity contribution < 1.29 is 5.11 Å². The van der Waals surface area contributed by atoms with Crippen LogP contribution in [0, 0.1) is 22.7 Å². The van der Waals surface area contributed by atoms with Crippen molar-refractivity contribution in [2.45, 2.75) is 6.92 Å². The molecular weight excluding hydrogens is 186 g/mol. The van der Waals surface area contributed by atoms with E-state index in [1.165, 1.54) is 17.8 Å². The zero-order chi connectivity index (χ0) is 10.3. The monoisotopic (exact) mass is 195 g/mol. The summed E-state index contributed by atoms with van der Waals surface area (Å²) in [5, 5.41) is 25.9. The summed E-state index contributed by atoms with van der Waals surface area (Å²) in [6, 6.07) is 3.58. The maximum Gasteiger partial charge on any atom is 0.199 e. The van der Waals surface area contributed by atoms with Gasteiger partial charge in [0.1, 0.15) is 17.7 Å². The molecule has 0 radical (unpaired) electrons. The molecule has 0 heterocycles. The summed E-state index contributed by atoms with van der Waals surface area (Å²) in [6.45, 7) is 1.88. The first-order valence-electron chi connectivity index (χ1n) is 3.49. The number of nitrogens with zero attached hydrogens (tertiary/aromatic N) is 2. The molecule has 0 aromatic carbocycles. The zero-order valence-electron chi connectivity index (χ0n) is 7.11. The fourth-order valence-electron chi connectivity index (χ4n) is 0.556. The third-order valence-electron chi connectivity index (χ3n) is 1.08. The van der Waals surface area contributed by atoms with Gasteiger partial charge in [0, 0.05) is 0 Å². The fraction of sp³-hybridized carbons (Fsp3) is 0.250. The molecule has 3 N–H and O–H groups in total. The minimum Gasteiger partial charge on any atom is -0.494 e. The van der Waals surface area contributed by atoms with Gasteiger partial charge in [0.05, 0.1) is 4.91 Å². The first kappa shape index (κ1) is 11.4. The van der Waals surface area contributed by atoms with Gasteiger partial charge < -0.3 is 10.8 Å². The van der Waals surface area contributed by atoms with Crippen molar-refractivity contribution in [2.24, 2.45) is 5.73 Å². The van der Waals surface area contributed by atoms with Crippen LogP contribution in [-0.2, 0) is 0 Å². The summed E-state index contributed by atoms with van der Waals surface area (Å²) in [5.74, 6) is 0.163. The van der Waals surface area contributed by atoms with Crippen molar-refractivity contribution in [3.05, 3.63) is 22.4 Å². The van der Waals surface area contributed by atoms with Gasteiger partial charge in [-0.2, -0.15) is 10.5 Å². The summed E-state index contributed by atoms with van der Waals surface area (Å²) >= 11 is 1.29. The highest BCUT2D eigenvalue weighted by molar-refractivity contribution is 8.03. The number of allylic oxidation sites excluding steroid dienone is 3. The quantitative estimate of drug-likeness (QED) is 0.403. The van der Waals surface area contributed by atoms with Crippen molar-refractivity contribution in [1.29, 1.82) is 10.5 Å². The first-order chi connectivity index (χ1) is 6.15. The average Bonchev–Trinajstić information content (AvgIpc) is 2.11. The van der Waals surface area contributed by atoms with Crippen molar-refractivity contribution in [3.8, 4) is 12.1 Å². The molecule has 0 aliphatic rings. The molecule has 0 saturated heterocycles. The molecular formula is C8H9N3OS. The van der Waals surface area contributed by atoms with E-state index in [2.05, 4.69) is 0 Å². The molecule has 0 saturated carbocycles. The number of hydrogen-bond donors (Lipinski definition) is 2. The third kappa shape index (κ3) is 4.09. The van der Waals surface area contributed by atoms with Gasteiger partial charge in [0.25, 0.3) is 0 Å². The van der Waals surface area contributed by atoms with E-state index in [0.29, 0.717) is 4.91 Å². The van der Waals surface area contributed by atoms with Gasteiger partial charge in [-0.1, -0.05) is 6.92 Å². The second-order valence-electron chi connectivity index (χ2n) is 1.96. The van der Waals surface area contributed by atoms with E-state index in [-0.39, 0.29) is 5.57 Å². The van der Waals surface area contributed by atoms with Crippen LogP contribution in [0.15, 0.2) is 22.4 Å². The Kier molecular flexibility index (Phi) is 5.25. The van der Waals surface area contributed by atoms with Crippen LogP contribution in [-0.4, -0.2) is 10.9 Å². The minimum absolute atomic E-state index is 0.0856. The Morgan fingerprint density at radius 2 is 2.15 bits per heavy atom. The van der Waals surface area contributed by atoms with Crippen molar-refractivity contribution in [3.63, 3.8) is 0 Å². The highest BCUT2D eigenvalue weighted by Gasteiger charge is 2.01. The van der Waals surface area contributed by atoms with Crippen molar-refractivity contribution in [1.82, 2.24) is 0 Å². The highest BCUT2D eigenvalue weighted by atomic mass is 32.2. The number of nitrogens with two attached hydrogens (primary N) is 1. The van der Waals surface area contributed by atoms with Gasteiger partial charge in [-0.25, -0.2) is 0 Å². The predicted octanol–water partition coefficient (Wildman–Crippen LogP) is 1.40. The summed E-state index contributed by atoms with van der Waals surface area (Å²) in [7, 11) is 0. The Balaban J connectivity index is 4.82. The van der Waals surface area contributed by atoms with Crippen LogP contribution >= 0.6 is 11.8 Å². The Morgan fingerprint density at radius 1 is 1.54 bits per heavy atom. The van der Waals surface area contributed by atoms with Crippen LogP contribution in [0.1, 0.15) is 6.92 Å². The van der Waals surface area contributed by atoms with Crippen LogP contribution in [0.5, 0.6) is 0 Å². The Bertz CT molecular complexity index is 315. The second kappa shape index (κ2) is 5.99. The van der Waals surface area contributed by atoms with Crippen molar-refractivity contribution >= 4 is 11.8 Å². The molecule has 13 heavy (non-hydrogen) atoms. The highest BCUT2D eigenvalue weighted by Crippen LogP contribution is 2.16. The maximum atomic E-state index is 8.80. The lowest BCUT2D eigenvalue weighted by atomic mass is 10.3. The lowest BCUT2D eigenvalue weighted by Crippen LogP contribution is -1.98. The lowest BCUT2D eigenvalue weighted by Gasteiger charge is -1.94. The Morgan fingerprint density at radius 3 is 2.46 bits per heavy atom. The zero-order valence-corrected chi connectivity index (χ0v) is 7.93. The van der Waals surface area contributed by atoms with Gasteiger partial charge in [0.2, 0.25) is 0 Å². The van der Waals surface area contributed by atoms with Gasteiger partial charge in [-0.05, 0) is 11.8 Å². The Labute approximate surface area is 81.0 Å². The molecule has 0 fully saturated rings. The van der Waals surface area contributed by atoms with Gasteiger partial charge in [0.15, 0.2) is 5.88 Å². The summed E-state index contributed by atoms with van der Waals surface area (Å²) in [5.41, 5.74) is 4.91. The summed E-state index contributed by atoms with van der Waals surface area (Å²) < 4.78 is 0. The SMILES string of the molecule is CCSC(C#N)=CC(C#N)=C(N)O. The van der Waals surface area contributed by atoms with Gasteiger partial charge in [-0.3, -0.25) is 0 Å². The van der Waals surface area contributed by atoms with E-state index in [1.807, 2.05) is 13.0 Å². The number of nitriles is 2. The predicted molar refractivity (Wildman–Crippen MR) is 51.3 cm³/mol. The molecule has 0 aliphatic heterocycles. The maximum absolute atomic E-state index is 8.80. The molecule has 5 heteroatoms. The van der Waals surface area contributed by atoms with Crippen LogP contribution in [0.4, 0.5) is 0 Å². The van der Waals surface area contributed by atoms with E-state index in [4.69, 9.17) is 21.4 Å². The number of aliphatic hydroxyl groups is 1. The summed E-state index contributed by atoms with van der Waals surface area (Å²) in [6.07, 6.45) is 1.27. The molecule has 0 aliphatic carbocycles. The standard InChI is InChI=1S/C8H9N3OS/c1-2-13-7(5-10)3-6(4-9)8(11)12/h3,12H,2,11H2,1H3. The molecule has 4 nitrogen and oxygen atoms in total. The van der Waals surface area contributed by atoms with Crippen LogP contribution in [0.3, 0.4) is 0 Å². The summed E-state index contributed by atoms with van der Waals surface area (Å²) in [4.78, 5) is 0.357. The number of thioether (sulfide) groups is 1. The first-order valence-corrected chi connectivity index (χ1v) is 4.47. The molecule has 0 bridgehead atoms. The average molecular weight is 195 g/mol. The van der Waals surface area contributed by atoms with E-state index in [1.54, 1.807) is 6.07 Å². The van der Waals surface area contributed by atoms with Crippen molar-refractivity contribution in [2.75, 3.05) is 5.75 Å². The van der Waals surface area contributed by atoms with E-state index < -0.39 is 5.88 Å². The molecule has 0 rings (SSSR count). The van der Waals surface area contributed by atoms with Crippen LogP contribution in [0.25, 0.3) is 0 Å². The third-order valence-corrected chi connectivity index (χ3v) is 1.89. The smallest absolute Gasteiger partial charge is 0.199 e. The van der Waals surface area contributed by atoms with E-state index in [0.717, 1.165) is 5.75 Å². The second-order valence-corrected chi connectivity index (χ2v) is 3.27. The topological polar surface area (TPSA) is 93.8 Å². The molecule has 68 valence electrons. The van der Waals surface area contributed by atoms with Crippen LogP contribution in [0.2, 0.25) is 0 Å². The normalized spacial score (nSPS) is 12.7. The number of rotatable bonds is 3. The van der Waals surface area contributed by atoms with E-state index in [9.17, 15) is 0 Å². The molecule has 0 aromatic rings. The Hall–Kier alpha value is -1.59. The molecule has 0 unspecified atom stereocenters. The van der Waals surface area contributed by atoms with Gasteiger partial charge in [-0.15, -0.1) is 11.8 Å². The number of aliphatic hydroxyl groups excluding tert-OH is 1.